The zero-order valence-corrected chi connectivity index (χ0v) is 14.7. The predicted molar refractivity (Wildman–Crippen MR) is 95.7 cm³/mol. The zero-order valence-electron chi connectivity index (χ0n) is 11.6. The SMILES string of the molecule is CN=C(NCc1ccccc1)NCc1cnc(C)s1.I. The van der Waals surface area contributed by atoms with Crippen LogP contribution in [0.3, 0.4) is 0 Å². The van der Waals surface area contributed by atoms with E-state index < -0.39 is 0 Å². The van der Waals surface area contributed by atoms with E-state index in [9.17, 15) is 0 Å². The fourth-order valence-corrected chi connectivity index (χ4v) is 2.39. The largest absolute Gasteiger partial charge is 0.352 e. The van der Waals surface area contributed by atoms with E-state index >= 15 is 0 Å². The Balaban J connectivity index is 0.00000200. The number of rotatable bonds is 4. The molecule has 0 saturated heterocycles. The molecule has 4 nitrogen and oxygen atoms in total. The Kier molecular flexibility index (Phi) is 7.53. The minimum Gasteiger partial charge on any atom is -0.352 e. The molecule has 0 aliphatic carbocycles. The maximum absolute atomic E-state index is 4.23. The molecule has 0 aliphatic rings. The fourth-order valence-electron chi connectivity index (χ4n) is 1.66. The number of guanidine groups is 1. The van der Waals surface area contributed by atoms with Gasteiger partial charge >= 0.3 is 0 Å². The lowest BCUT2D eigenvalue weighted by Crippen LogP contribution is -2.36. The Labute approximate surface area is 140 Å². The van der Waals surface area contributed by atoms with E-state index in [0.717, 1.165) is 24.1 Å². The van der Waals surface area contributed by atoms with Crippen molar-refractivity contribution in [3.8, 4) is 0 Å². The van der Waals surface area contributed by atoms with Crippen LogP contribution in [0, 0.1) is 6.92 Å². The van der Waals surface area contributed by atoms with Crippen LogP contribution in [0.2, 0.25) is 0 Å². The van der Waals surface area contributed by atoms with Crippen molar-refractivity contribution >= 4 is 41.3 Å². The van der Waals surface area contributed by atoms with E-state index in [0.29, 0.717) is 0 Å². The summed E-state index contributed by atoms with van der Waals surface area (Å²) in [6, 6.07) is 10.3. The lowest BCUT2D eigenvalue weighted by molar-refractivity contribution is 0.814. The summed E-state index contributed by atoms with van der Waals surface area (Å²) in [5, 5.41) is 7.65. The Morgan fingerprint density at radius 3 is 2.50 bits per heavy atom. The number of aliphatic imine (C=N–C) groups is 1. The number of thiazole rings is 1. The number of hydrogen-bond acceptors (Lipinski definition) is 3. The Morgan fingerprint density at radius 1 is 1.20 bits per heavy atom. The highest BCUT2D eigenvalue weighted by Crippen LogP contribution is 2.10. The molecule has 0 radical (unpaired) electrons. The van der Waals surface area contributed by atoms with Crippen LogP contribution < -0.4 is 10.6 Å². The van der Waals surface area contributed by atoms with Gasteiger partial charge in [-0.05, 0) is 12.5 Å². The molecule has 20 heavy (non-hydrogen) atoms. The van der Waals surface area contributed by atoms with Gasteiger partial charge < -0.3 is 10.6 Å². The molecule has 6 heteroatoms. The zero-order chi connectivity index (χ0) is 13.5. The van der Waals surface area contributed by atoms with Gasteiger partial charge in [0.15, 0.2) is 5.96 Å². The van der Waals surface area contributed by atoms with Gasteiger partial charge in [-0.15, -0.1) is 35.3 Å². The monoisotopic (exact) mass is 402 g/mol. The third kappa shape index (κ3) is 5.46. The number of aromatic nitrogens is 1. The van der Waals surface area contributed by atoms with Crippen LogP contribution in [-0.2, 0) is 13.1 Å². The molecule has 0 unspecified atom stereocenters. The Bertz CT molecular complexity index is 539. The van der Waals surface area contributed by atoms with Crippen LogP contribution in [0.4, 0.5) is 0 Å². The lowest BCUT2D eigenvalue weighted by atomic mass is 10.2. The van der Waals surface area contributed by atoms with Crippen molar-refractivity contribution in [2.75, 3.05) is 7.05 Å². The van der Waals surface area contributed by atoms with Crippen LogP contribution in [0.25, 0.3) is 0 Å². The van der Waals surface area contributed by atoms with Gasteiger partial charge in [0, 0.05) is 24.7 Å². The second-order valence-corrected chi connectivity index (χ2v) is 5.43. The van der Waals surface area contributed by atoms with Gasteiger partial charge in [0.05, 0.1) is 11.6 Å². The standard InChI is InChI=1S/C14H18N4S.HI/c1-11-16-9-13(19-11)10-18-14(15-2)17-8-12-6-4-3-5-7-12;/h3-7,9H,8,10H2,1-2H3,(H2,15,17,18);1H. The molecule has 108 valence electrons. The van der Waals surface area contributed by atoms with Crippen molar-refractivity contribution in [1.82, 2.24) is 15.6 Å². The summed E-state index contributed by atoms with van der Waals surface area (Å²) in [4.78, 5) is 9.64. The van der Waals surface area contributed by atoms with Crippen LogP contribution in [-0.4, -0.2) is 18.0 Å². The maximum atomic E-state index is 4.23. The molecule has 0 fully saturated rings. The number of hydrogen-bond donors (Lipinski definition) is 2. The maximum Gasteiger partial charge on any atom is 0.191 e. The van der Waals surface area contributed by atoms with E-state index in [1.54, 1.807) is 18.4 Å². The molecular weight excluding hydrogens is 383 g/mol. The molecule has 0 aliphatic heterocycles. The van der Waals surface area contributed by atoms with Crippen molar-refractivity contribution in [3.63, 3.8) is 0 Å². The van der Waals surface area contributed by atoms with Crippen molar-refractivity contribution in [1.29, 1.82) is 0 Å². The minimum absolute atomic E-state index is 0. The first-order chi connectivity index (χ1) is 9.28. The van der Waals surface area contributed by atoms with Crippen molar-refractivity contribution < 1.29 is 0 Å². The first-order valence-electron chi connectivity index (χ1n) is 6.17. The number of halogens is 1. The quantitative estimate of drug-likeness (QED) is 0.470. The fraction of sp³-hybridized carbons (Fsp3) is 0.286. The van der Waals surface area contributed by atoms with E-state index in [1.165, 1.54) is 10.4 Å². The molecule has 0 saturated carbocycles. The van der Waals surface area contributed by atoms with Crippen molar-refractivity contribution in [2.24, 2.45) is 4.99 Å². The number of nitrogens with zero attached hydrogens (tertiary/aromatic N) is 2. The second kappa shape index (κ2) is 8.91. The highest BCUT2D eigenvalue weighted by atomic mass is 127. The van der Waals surface area contributed by atoms with Gasteiger partial charge in [0.2, 0.25) is 0 Å². The van der Waals surface area contributed by atoms with Gasteiger partial charge in [0.25, 0.3) is 0 Å². The van der Waals surface area contributed by atoms with Crippen LogP contribution in [0.5, 0.6) is 0 Å². The summed E-state index contributed by atoms with van der Waals surface area (Å²) >= 11 is 1.70. The molecule has 2 N–H and O–H groups in total. The van der Waals surface area contributed by atoms with Gasteiger partial charge in [0.1, 0.15) is 0 Å². The van der Waals surface area contributed by atoms with E-state index in [2.05, 4.69) is 32.7 Å². The summed E-state index contributed by atoms with van der Waals surface area (Å²) < 4.78 is 0. The van der Waals surface area contributed by atoms with Gasteiger partial charge in [-0.2, -0.15) is 0 Å². The average molecular weight is 402 g/mol. The predicted octanol–water partition coefficient (Wildman–Crippen LogP) is 2.93. The van der Waals surface area contributed by atoms with Crippen LogP contribution in [0.1, 0.15) is 15.4 Å². The van der Waals surface area contributed by atoms with Crippen molar-refractivity contribution in [3.05, 3.63) is 52.0 Å². The molecule has 0 amide bonds. The first kappa shape index (κ1) is 16.9. The van der Waals surface area contributed by atoms with E-state index in [4.69, 9.17) is 0 Å². The van der Waals surface area contributed by atoms with Gasteiger partial charge in [-0.3, -0.25) is 4.99 Å². The molecule has 1 aromatic carbocycles. The van der Waals surface area contributed by atoms with Crippen LogP contribution >= 0.6 is 35.3 Å². The lowest BCUT2D eigenvalue weighted by Gasteiger charge is -2.10. The number of benzene rings is 1. The summed E-state index contributed by atoms with van der Waals surface area (Å²) in [6.45, 7) is 3.53. The van der Waals surface area contributed by atoms with E-state index in [-0.39, 0.29) is 24.0 Å². The topological polar surface area (TPSA) is 49.3 Å². The molecule has 1 heterocycles. The Morgan fingerprint density at radius 2 is 1.90 bits per heavy atom. The average Bonchev–Trinajstić information content (AvgIpc) is 2.86. The van der Waals surface area contributed by atoms with Gasteiger partial charge in [-0.1, -0.05) is 30.3 Å². The minimum atomic E-state index is 0. The van der Waals surface area contributed by atoms with Gasteiger partial charge in [-0.25, -0.2) is 4.98 Å². The number of aryl methyl sites for hydroxylation is 1. The third-order valence-electron chi connectivity index (χ3n) is 2.63. The highest BCUT2D eigenvalue weighted by Gasteiger charge is 2.01. The molecule has 0 bridgehead atoms. The normalized spacial score (nSPS) is 10.8. The van der Waals surface area contributed by atoms with E-state index in [1.807, 2.05) is 31.3 Å². The highest BCUT2D eigenvalue weighted by molar-refractivity contribution is 14.0. The summed E-state index contributed by atoms with van der Waals surface area (Å²) in [6.07, 6.45) is 1.90. The molecule has 2 aromatic rings. The van der Waals surface area contributed by atoms with Crippen LogP contribution in [0.15, 0.2) is 41.5 Å². The Hall–Kier alpha value is -1.15. The molecule has 0 atom stereocenters. The third-order valence-corrected chi connectivity index (χ3v) is 3.54. The summed E-state index contributed by atoms with van der Waals surface area (Å²) in [7, 11) is 1.78. The summed E-state index contributed by atoms with van der Waals surface area (Å²) in [5.41, 5.74) is 1.24. The van der Waals surface area contributed by atoms with Crippen molar-refractivity contribution in [2.45, 2.75) is 20.0 Å². The molecule has 1 aromatic heterocycles. The summed E-state index contributed by atoms with van der Waals surface area (Å²) in [5.74, 6) is 0.801. The number of nitrogens with one attached hydrogen (secondary N) is 2. The molecule has 2 rings (SSSR count). The smallest absolute Gasteiger partial charge is 0.191 e. The first-order valence-corrected chi connectivity index (χ1v) is 6.99. The second-order valence-electron chi connectivity index (χ2n) is 4.11. The molecular formula is C14H19IN4S. The molecule has 0 spiro atoms.